The number of hydrogen-bond donors (Lipinski definition) is 2. The molecule has 2 atom stereocenters. The lowest BCUT2D eigenvalue weighted by Crippen LogP contribution is -2.43. The zero-order valence-electron chi connectivity index (χ0n) is 13.0. The molecule has 0 aromatic rings. The minimum Gasteiger partial charge on any atom is -0.481 e. The van der Waals surface area contributed by atoms with Crippen LogP contribution in [0.2, 0.25) is 0 Å². The largest absolute Gasteiger partial charge is 0.481 e. The maximum absolute atomic E-state index is 11.1. The molecule has 2 N–H and O–H groups in total. The van der Waals surface area contributed by atoms with Gasteiger partial charge in [-0.05, 0) is 43.9 Å². The smallest absolute Gasteiger partial charge is 0.306 e. The van der Waals surface area contributed by atoms with E-state index in [1.807, 2.05) is 0 Å². The molecule has 3 nitrogen and oxygen atoms in total. The molecule has 0 saturated heterocycles. The minimum atomic E-state index is -0.615. The maximum Gasteiger partial charge on any atom is 0.306 e. The fraction of sp³-hybridized carbons (Fsp3) is 0.938. The standard InChI is InChI=1S/C16H31NO2/c1-11(2)8-15(9-12(3)4)17-14-7-5-6-13(10-14)16(18)19/h11-15,17H,5-10H2,1-4H3,(H,18,19). The third-order valence-corrected chi connectivity index (χ3v) is 4.01. The van der Waals surface area contributed by atoms with Gasteiger partial charge in [-0.15, -0.1) is 0 Å². The van der Waals surface area contributed by atoms with Gasteiger partial charge < -0.3 is 10.4 Å². The van der Waals surface area contributed by atoms with Crippen LogP contribution in [0.4, 0.5) is 0 Å². The van der Waals surface area contributed by atoms with Crippen LogP contribution < -0.4 is 5.32 Å². The van der Waals surface area contributed by atoms with E-state index < -0.39 is 5.97 Å². The Morgan fingerprint density at radius 3 is 2.21 bits per heavy atom. The van der Waals surface area contributed by atoms with Gasteiger partial charge in [-0.3, -0.25) is 4.79 Å². The van der Waals surface area contributed by atoms with Gasteiger partial charge in [-0.25, -0.2) is 0 Å². The van der Waals surface area contributed by atoms with Gasteiger partial charge in [-0.2, -0.15) is 0 Å². The average molecular weight is 269 g/mol. The second-order valence-corrected chi connectivity index (χ2v) is 7.02. The summed E-state index contributed by atoms with van der Waals surface area (Å²) in [6.45, 7) is 9.04. The second kappa shape index (κ2) is 7.88. The summed E-state index contributed by atoms with van der Waals surface area (Å²) in [4.78, 5) is 11.1. The molecule has 19 heavy (non-hydrogen) atoms. The van der Waals surface area contributed by atoms with Crippen LogP contribution in [-0.2, 0) is 4.79 Å². The molecule has 1 rings (SSSR count). The molecule has 0 heterocycles. The van der Waals surface area contributed by atoms with Gasteiger partial charge in [0.05, 0.1) is 5.92 Å². The van der Waals surface area contributed by atoms with E-state index >= 15 is 0 Å². The van der Waals surface area contributed by atoms with Crippen molar-refractivity contribution in [2.24, 2.45) is 17.8 Å². The zero-order chi connectivity index (χ0) is 14.4. The molecular weight excluding hydrogens is 238 g/mol. The van der Waals surface area contributed by atoms with Gasteiger partial charge in [0.2, 0.25) is 0 Å². The van der Waals surface area contributed by atoms with Gasteiger partial charge >= 0.3 is 5.97 Å². The normalized spacial score (nSPS) is 24.4. The first-order chi connectivity index (χ1) is 8.88. The number of aliphatic carboxylic acids is 1. The fourth-order valence-corrected chi connectivity index (χ4v) is 3.27. The summed E-state index contributed by atoms with van der Waals surface area (Å²) < 4.78 is 0. The van der Waals surface area contributed by atoms with E-state index in [-0.39, 0.29) is 5.92 Å². The number of rotatable bonds is 7. The number of carbonyl (C=O) groups is 1. The Bertz CT molecular complexity index is 266. The molecular formula is C16H31NO2. The van der Waals surface area contributed by atoms with E-state index in [0.29, 0.717) is 23.9 Å². The van der Waals surface area contributed by atoms with E-state index in [1.54, 1.807) is 0 Å². The summed E-state index contributed by atoms with van der Waals surface area (Å²) in [5, 5.41) is 12.9. The summed E-state index contributed by atoms with van der Waals surface area (Å²) in [6, 6.07) is 0.940. The first-order valence-corrected chi connectivity index (χ1v) is 7.87. The van der Waals surface area contributed by atoms with Crippen LogP contribution in [0.25, 0.3) is 0 Å². The molecule has 0 aliphatic heterocycles. The number of carboxylic acid groups (broad SMARTS) is 1. The summed E-state index contributed by atoms with van der Waals surface area (Å²) in [5.74, 6) is 0.631. The molecule has 112 valence electrons. The van der Waals surface area contributed by atoms with Crippen LogP contribution in [0.15, 0.2) is 0 Å². The van der Waals surface area contributed by atoms with Crippen molar-refractivity contribution in [2.75, 3.05) is 0 Å². The first-order valence-electron chi connectivity index (χ1n) is 7.87. The molecule has 2 unspecified atom stereocenters. The lowest BCUT2D eigenvalue weighted by Gasteiger charge is -2.32. The topological polar surface area (TPSA) is 49.3 Å². The fourth-order valence-electron chi connectivity index (χ4n) is 3.27. The SMILES string of the molecule is CC(C)CC(CC(C)C)NC1CCCC(C(=O)O)C1. The molecule has 3 heteroatoms. The van der Waals surface area contributed by atoms with Crippen molar-refractivity contribution in [3.8, 4) is 0 Å². The minimum absolute atomic E-state index is 0.134. The summed E-state index contributed by atoms with van der Waals surface area (Å²) >= 11 is 0. The quantitative estimate of drug-likeness (QED) is 0.741. The summed E-state index contributed by atoms with van der Waals surface area (Å²) in [7, 11) is 0. The van der Waals surface area contributed by atoms with Crippen molar-refractivity contribution in [1.29, 1.82) is 0 Å². The molecule has 0 spiro atoms. The van der Waals surface area contributed by atoms with Crippen LogP contribution in [0.5, 0.6) is 0 Å². The Balaban J connectivity index is 2.49. The second-order valence-electron chi connectivity index (χ2n) is 7.02. The summed E-state index contributed by atoms with van der Waals surface area (Å²) in [6.07, 6.45) is 6.22. The van der Waals surface area contributed by atoms with E-state index in [2.05, 4.69) is 33.0 Å². The third kappa shape index (κ3) is 6.42. The van der Waals surface area contributed by atoms with Crippen LogP contribution in [0.1, 0.15) is 66.2 Å². The highest BCUT2D eigenvalue weighted by molar-refractivity contribution is 5.70. The predicted molar refractivity (Wildman–Crippen MR) is 79.2 cm³/mol. The van der Waals surface area contributed by atoms with E-state index in [1.165, 1.54) is 12.8 Å². The van der Waals surface area contributed by atoms with Crippen LogP contribution in [0.3, 0.4) is 0 Å². The molecule has 0 amide bonds. The lowest BCUT2D eigenvalue weighted by atomic mass is 9.84. The maximum atomic E-state index is 11.1. The van der Waals surface area contributed by atoms with Crippen molar-refractivity contribution in [1.82, 2.24) is 5.32 Å². The summed E-state index contributed by atoms with van der Waals surface area (Å²) in [5.41, 5.74) is 0. The van der Waals surface area contributed by atoms with Crippen molar-refractivity contribution < 1.29 is 9.90 Å². The van der Waals surface area contributed by atoms with Gasteiger partial charge in [0.25, 0.3) is 0 Å². The predicted octanol–water partition coefficient (Wildman–Crippen LogP) is 3.68. The molecule has 0 aromatic heterocycles. The Morgan fingerprint density at radius 1 is 1.16 bits per heavy atom. The molecule has 1 saturated carbocycles. The molecule has 1 fully saturated rings. The van der Waals surface area contributed by atoms with Gasteiger partial charge in [0.1, 0.15) is 0 Å². The molecule has 0 radical (unpaired) electrons. The average Bonchev–Trinajstić information content (AvgIpc) is 2.27. The van der Waals surface area contributed by atoms with Crippen LogP contribution in [0, 0.1) is 17.8 Å². The molecule has 0 aromatic carbocycles. The van der Waals surface area contributed by atoms with Crippen molar-refractivity contribution >= 4 is 5.97 Å². The van der Waals surface area contributed by atoms with E-state index in [9.17, 15) is 4.79 Å². The highest BCUT2D eigenvalue weighted by atomic mass is 16.4. The Kier molecular flexibility index (Phi) is 6.84. The monoisotopic (exact) mass is 269 g/mol. The van der Waals surface area contributed by atoms with E-state index in [0.717, 1.165) is 25.7 Å². The number of hydrogen-bond acceptors (Lipinski definition) is 2. The van der Waals surface area contributed by atoms with Gasteiger partial charge in [-0.1, -0.05) is 34.1 Å². The van der Waals surface area contributed by atoms with Crippen molar-refractivity contribution in [3.63, 3.8) is 0 Å². The number of carboxylic acids is 1. The van der Waals surface area contributed by atoms with Crippen molar-refractivity contribution in [3.05, 3.63) is 0 Å². The van der Waals surface area contributed by atoms with E-state index in [4.69, 9.17) is 5.11 Å². The van der Waals surface area contributed by atoms with Gasteiger partial charge in [0.15, 0.2) is 0 Å². The Morgan fingerprint density at radius 2 is 1.74 bits per heavy atom. The Hall–Kier alpha value is -0.570. The molecule has 1 aliphatic rings. The van der Waals surface area contributed by atoms with Crippen molar-refractivity contribution in [2.45, 2.75) is 78.3 Å². The highest BCUT2D eigenvalue weighted by Crippen LogP contribution is 2.26. The Labute approximate surface area is 118 Å². The molecule has 1 aliphatic carbocycles. The highest BCUT2D eigenvalue weighted by Gasteiger charge is 2.28. The molecule has 0 bridgehead atoms. The number of nitrogens with one attached hydrogen (secondary N) is 1. The van der Waals surface area contributed by atoms with Crippen LogP contribution >= 0.6 is 0 Å². The van der Waals surface area contributed by atoms with Crippen LogP contribution in [-0.4, -0.2) is 23.2 Å². The first kappa shape index (κ1) is 16.5. The third-order valence-electron chi connectivity index (χ3n) is 4.01. The van der Waals surface area contributed by atoms with Gasteiger partial charge in [0, 0.05) is 12.1 Å². The lowest BCUT2D eigenvalue weighted by molar-refractivity contribution is -0.143. The zero-order valence-corrected chi connectivity index (χ0v) is 13.0.